The van der Waals surface area contributed by atoms with E-state index in [-0.39, 0.29) is 18.5 Å². The van der Waals surface area contributed by atoms with Crippen LogP contribution in [0.1, 0.15) is 16.7 Å². The number of hydrogen-bond donors (Lipinski definition) is 1. The van der Waals surface area contributed by atoms with Gasteiger partial charge < -0.3 is 5.32 Å². The summed E-state index contributed by atoms with van der Waals surface area (Å²) in [5, 5.41) is 2.64. The van der Waals surface area contributed by atoms with Gasteiger partial charge in [-0.1, -0.05) is 60.2 Å². The third-order valence-electron chi connectivity index (χ3n) is 3.50. The van der Waals surface area contributed by atoms with Gasteiger partial charge in [-0.15, -0.1) is 0 Å². The summed E-state index contributed by atoms with van der Waals surface area (Å²) >= 11 is 0. The molecule has 3 amide bonds. The summed E-state index contributed by atoms with van der Waals surface area (Å²) in [6.45, 7) is 2.26. The Bertz CT molecular complexity index is 751. The minimum Gasteiger partial charge on any atom is -0.303 e. The second-order valence-corrected chi connectivity index (χ2v) is 5.28. The molecule has 1 aliphatic rings. The van der Waals surface area contributed by atoms with Crippen molar-refractivity contribution in [1.82, 2.24) is 10.2 Å². The molecule has 4 nitrogen and oxygen atoms in total. The van der Waals surface area contributed by atoms with Gasteiger partial charge in [0.2, 0.25) is 0 Å². The van der Waals surface area contributed by atoms with Crippen LogP contribution < -0.4 is 5.32 Å². The molecule has 22 heavy (non-hydrogen) atoms. The molecule has 0 unspecified atom stereocenters. The van der Waals surface area contributed by atoms with Gasteiger partial charge in [0.1, 0.15) is 5.70 Å². The highest BCUT2D eigenvalue weighted by Gasteiger charge is 2.33. The first-order valence-corrected chi connectivity index (χ1v) is 7.08. The summed E-state index contributed by atoms with van der Waals surface area (Å²) in [6.07, 6.45) is 1.71. The van der Waals surface area contributed by atoms with Crippen LogP contribution in [0.3, 0.4) is 0 Å². The zero-order valence-corrected chi connectivity index (χ0v) is 12.2. The van der Waals surface area contributed by atoms with Crippen molar-refractivity contribution in [2.24, 2.45) is 0 Å². The summed E-state index contributed by atoms with van der Waals surface area (Å²) in [6, 6.07) is 16.8. The van der Waals surface area contributed by atoms with Crippen LogP contribution in [0, 0.1) is 6.92 Å². The maximum Gasteiger partial charge on any atom is 0.329 e. The van der Waals surface area contributed by atoms with E-state index in [0.29, 0.717) is 5.70 Å². The lowest BCUT2D eigenvalue weighted by atomic mass is 10.1. The minimum absolute atomic E-state index is 0.274. The Hall–Kier alpha value is -2.88. The molecule has 0 aromatic heterocycles. The van der Waals surface area contributed by atoms with Gasteiger partial charge in [0.05, 0.1) is 6.54 Å². The number of nitrogens with zero attached hydrogens (tertiary/aromatic N) is 1. The second-order valence-electron chi connectivity index (χ2n) is 5.28. The largest absolute Gasteiger partial charge is 0.329 e. The Morgan fingerprint density at radius 3 is 2.55 bits per heavy atom. The van der Waals surface area contributed by atoms with Gasteiger partial charge in [-0.05, 0) is 24.1 Å². The number of urea groups is 1. The third-order valence-corrected chi connectivity index (χ3v) is 3.50. The van der Waals surface area contributed by atoms with Crippen LogP contribution >= 0.6 is 0 Å². The molecule has 2 aromatic rings. The molecule has 0 bridgehead atoms. The molecule has 110 valence electrons. The van der Waals surface area contributed by atoms with E-state index in [1.165, 1.54) is 4.90 Å². The van der Waals surface area contributed by atoms with E-state index >= 15 is 0 Å². The molecule has 0 atom stereocenters. The summed E-state index contributed by atoms with van der Waals surface area (Å²) in [5.41, 5.74) is 3.23. The average molecular weight is 292 g/mol. The van der Waals surface area contributed by atoms with E-state index in [4.69, 9.17) is 0 Å². The van der Waals surface area contributed by atoms with E-state index < -0.39 is 0 Å². The topological polar surface area (TPSA) is 49.4 Å². The van der Waals surface area contributed by atoms with Gasteiger partial charge in [0.25, 0.3) is 5.91 Å². The molecule has 0 radical (unpaired) electrons. The Kier molecular flexibility index (Phi) is 3.74. The summed E-state index contributed by atoms with van der Waals surface area (Å²) < 4.78 is 0. The van der Waals surface area contributed by atoms with E-state index in [9.17, 15) is 9.59 Å². The summed E-state index contributed by atoms with van der Waals surface area (Å²) in [7, 11) is 0. The Balaban J connectivity index is 1.82. The zero-order chi connectivity index (χ0) is 15.5. The maximum absolute atomic E-state index is 12.4. The minimum atomic E-state index is -0.382. The molecule has 0 spiro atoms. The standard InChI is InChI=1S/C18H16N2O2/c1-13-6-5-9-15(10-13)11-16-17(21)20(18(22)19-16)12-14-7-3-2-4-8-14/h2-11H,12H2,1H3,(H,19,22)/b16-11+. The Morgan fingerprint density at radius 2 is 1.82 bits per heavy atom. The normalized spacial score (nSPS) is 16.2. The lowest BCUT2D eigenvalue weighted by Crippen LogP contribution is -2.30. The fourth-order valence-corrected chi connectivity index (χ4v) is 2.41. The van der Waals surface area contributed by atoms with Gasteiger partial charge in [-0.3, -0.25) is 9.69 Å². The monoisotopic (exact) mass is 292 g/mol. The van der Waals surface area contributed by atoms with Crippen LogP contribution in [-0.4, -0.2) is 16.8 Å². The smallest absolute Gasteiger partial charge is 0.303 e. The van der Waals surface area contributed by atoms with Crippen LogP contribution in [0.5, 0.6) is 0 Å². The fourth-order valence-electron chi connectivity index (χ4n) is 2.41. The SMILES string of the molecule is Cc1cccc(/C=C2/NC(=O)N(Cc3ccccc3)C2=O)c1. The van der Waals surface area contributed by atoms with Crippen LogP contribution in [0.2, 0.25) is 0 Å². The van der Waals surface area contributed by atoms with Gasteiger partial charge in [-0.2, -0.15) is 0 Å². The van der Waals surface area contributed by atoms with Crippen molar-refractivity contribution in [2.75, 3.05) is 0 Å². The number of benzene rings is 2. The number of imide groups is 1. The van der Waals surface area contributed by atoms with Gasteiger partial charge in [-0.25, -0.2) is 4.79 Å². The van der Waals surface area contributed by atoms with Crippen LogP contribution in [0.4, 0.5) is 4.79 Å². The molecule has 2 aromatic carbocycles. The van der Waals surface area contributed by atoms with Crippen LogP contribution in [0.25, 0.3) is 6.08 Å². The predicted octanol–water partition coefficient (Wildman–Crippen LogP) is 3.09. The number of nitrogens with one attached hydrogen (secondary N) is 1. The quantitative estimate of drug-likeness (QED) is 0.698. The first kappa shape index (κ1) is 14.1. The fraction of sp³-hybridized carbons (Fsp3) is 0.111. The van der Waals surface area contributed by atoms with Crippen molar-refractivity contribution in [3.05, 3.63) is 77.0 Å². The first-order valence-electron chi connectivity index (χ1n) is 7.08. The number of hydrogen-bond acceptors (Lipinski definition) is 2. The number of carbonyl (C=O) groups excluding carboxylic acids is 2. The van der Waals surface area contributed by atoms with Crippen molar-refractivity contribution in [3.8, 4) is 0 Å². The van der Waals surface area contributed by atoms with Gasteiger partial charge in [0, 0.05) is 0 Å². The lowest BCUT2D eigenvalue weighted by molar-refractivity contribution is -0.123. The number of amides is 3. The third kappa shape index (κ3) is 2.91. The molecule has 3 rings (SSSR count). The average Bonchev–Trinajstić information content (AvgIpc) is 2.76. The zero-order valence-electron chi connectivity index (χ0n) is 12.2. The highest BCUT2D eigenvalue weighted by molar-refractivity contribution is 6.13. The van der Waals surface area contributed by atoms with Crippen molar-refractivity contribution < 1.29 is 9.59 Å². The number of carbonyl (C=O) groups is 2. The van der Waals surface area contributed by atoms with Gasteiger partial charge >= 0.3 is 6.03 Å². The molecule has 1 N–H and O–H groups in total. The van der Waals surface area contributed by atoms with E-state index in [2.05, 4.69) is 5.32 Å². The molecule has 1 fully saturated rings. The number of rotatable bonds is 3. The van der Waals surface area contributed by atoms with Crippen LogP contribution in [-0.2, 0) is 11.3 Å². The highest BCUT2D eigenvalue weighted by Crippen LogP contribution is 2.17. The lowest BCUT2D eigenvalue weighted by Gasteiger charge is -2.11. The van der Waals surface area contributed by atoms with E-state index in [1.54, 1.807) is 6.08 Å². The molecular weight excluding hydrogens is 276 g/mol. The maximum atomic E-state index is 12.4. The Morgan fingerprint density at radius 1 is 1.05 bits per heavy atom. The molecule has 1 heterocycles. The molecule has 1 saturated heterocycles. The van der Waals surface area contributed by atoms with Crippen molar-refractivity contribution in [1.29, 1.82) is 0 Å². The predicted molar refractivity (Wildman–Crippen MR) is 84.7 cm³/mol. The van der Waals surface area contributed by atoms with Crippen LogP contribution in [0.15, 0.2) is 60.3 Å². The molecule has 4 heteroatoms. The Labute approximate surface area is 129 Å². The summed E-state index contributed by atoms with van der Waals surface area (Å²) in [4.78, 5) is 25.6. The van der Waals surface area contributed by atoms with E-state index in [0.717, 1.165) is 16.7 Å². The molecule has 1 aliphatic heterocycles. The van der Waals surface area contributed by atoms with E-state index in [1.807, 2.05) is 61.5 Å². The number of aryl methyl sites for hydroxylation is 1. The first-order chi connectivity index (χ1) is 10.6. The van der Waals surface area contributed by atoms with Gasteiger partial charge in [0.15, 0.2) is 0 Å². The molecule has 0 aliphatic carbocycles. The molecular formula is C18H16N2O2. The molecule has 0 saturated carbocycles. The second kappa shape index (κ2) is 5.85. The highest BCUT2D eigenvalue weighted by atomic mass is 16.2. The summed E-state index contributed by atoms with van der Waals surface area (Å²) in [5.74, 6) is -0.296. The van der Waals surface area contributed by atoms with Crippen molar-refractivity contribution in [3.63, 3.8) is 0 Å². The van der Waals surface area contributed by atoms with Crippen molar-refractivity contribution in [2.45, 2.75) is 13.5 Å². The van der Waals surface area contributed by atoms with Crippen molar-refractivity contribution >= 4 is 18.0 Å².